The molecule has 3 nitrogen and oxygen atoms in total. The average molecular weight is 375 g/mol. The highest BCUT2D eigenvalue weighted by molar-refractivity contribution is 7.10. The van der Waals surface area contributed by atoms with Gasteiger partial charge in [0.25, 0.3) is 0 Å². The Morgan fingerprint density at radius 2 is 2.26 bits per heavy atom. The van der Waals surface area contributed by atoms with Gasteiger partial charge in [-0.1, -0.05) is 17.7 Å². The second-order valence-corrected chi connectivity index (χ2v) is 6.70. The number of benzene rings is 1. The number of hydrogen-bond donors (Lipinski definition) is 2. The Balaban J connectivity index is 0.00000192. The van der Waals surface area contributed by atoms with Gasteiger partial charge in [0.1, 0.15) is 5.82 Å². The van der Waals surface area contributed by atoms with Crippen molar-refractivity contribution in [3.63, 3.8) is 0 Å². The number of fused-ring (bicyclic) bond motifs is 1. The van der Waals surface area contributed by atoms with Crippen molar-refractivity contribution < 1.29 is 9.18 Å². The monoisotopic (exact) mass is 374 g/mol. The first kappa shape index (κ1) is 18.2. The number of carbonyl (C=O) groups excluding carboxylic acids is 1. The molecule has 1 aromatic heterocycles. The van der Waals surface area contributed by atoms with E-state index in [4.69, 9.17) is 11.6 Å². The molecular weight excluding hydrogens is 358 g/mol. The number of aryl methyl sites for hydroxylation is 1. The van der Waals surface area contributed by atoms with Crippen LogP contribution in [0.15, 0.2) is 23.6 Å². The van der Waals surface area contributed by atoms with E-state index in [0.717, 1.165) is 17.0 Å². The van der Waals surface area contributed by atoms with Gasteiger partial charge in [0, 0.05) is 23.2 Å². The van der Waals surface area contributed by atoms with Crippen LogP contribution in [-0.4, -0.2) is 12.5 Å². The highest BCUT2D eigenvalue weighted by Crippen LogP contribution is 2.25. The van der Waals surface area contributed by atoms with E-state index in [2.05, 4.69) is 10.6 Å². The molecule has 0 saturated heterocycles. The van der Waals surface area contributed by atoms with Crippen molar-refractivity contribution >= 4 is 46.9 Å². The minimum Gasteiger partial charge on any atom is -0.324 e. The molecule has 1 amide bonds. The van der Waals surface area contributed by atoms with E-state index < -0.39 is 0 Å². The first-order chi connectivity index (χ1) is 10.6. The lowest BCUT2D eigenvalue weighted by atomic mass is 9.99. The molecule has 0 fully saturated rings. The highest BCUT2D eigenvalue weighted by atomic mass is 35.5. The normalized spacial score (nSPS) is 13.1. The number of amides is 1. The predicted octanol–water partition coefficient (Wildman–Crippen LogP) is 4.18. The average Bonchev–Trinajstić information content (AvgIpc) is 2.94. The maximum atomic E-state index is 14.4. The fourth-order valence-corrected chi connectivity index (χ4v) is 3.64. The van der Waals surface area contributed by atoms with Gasteiger partial charge >= 0.3 is 0 Å². The van der Waals surface area contributed by atoms with Gasteiger partial charge in [0.05, 0.1) is 10.7 Å². The SMILES string of the molecule is Cl.O=C(CCc1cc(Cl)cs1)Nc1ccc2c(c1F)CCNC2. The molecular formula is C16H17Cl2FN2OS. The minimum atomic E-state index is -0.300. The van der Waals surface area contributed by atoms with Crippen LogP contribution in [-0.2, 0) is 24.2 Å². The van der Waals surface area contributed by atoms with Crippen LogP contribution in [0.3, 0.4) is 0 Å². The fraction of sp³-hybridized carbons (Fsp3) is 0.312. The summed E-state index contributed by atoms with van der Waals surface area (Å²) < 4.78 is 14.4. The molecule has 0 atom stereocenters. The summed E-state index contributed by atoms with van der Waals surface area (Å²) >= 11 is 7.38. The zero-order valence-corrected chi connectivity index (χ0v) is 14.7. The van der Waals surface area contributed by atoms with E-state index in [0.29, 0.717) is 36.4 Å². The second kappa shape index (κ2) is 8.11. The third kappa shape index (κ3) is 4.44. The molecule has 1 aliphatic rings. The number of carbonyl (C=O) groups is 1. The first-order valence-corrected chi connectivity index (χ1v) is 8.43. The fourth-order valence-electron chi connectivity index (χ4n) is 2.56. The molecule has 2 N–H and O–H groups in total. The van der Waals surface area contributed by atoms with E-state index in [-0.39, 0.29) is 29.8 Å². The summed E-state index contributed by atoms with van der Waals surface area (Å²) in [6.07, 6.45) is 1.58. The Hall–Kier alpha value is -1.14. The quantitative estimate of drug-likeness (QED) is 0.842. The van der Waals surface area contributed by atoms with Crippen LogP contribution in [0.2, 0.25) is 5.02 Å². The van der Waals surface area contributed by atoms with Crippen LogP contribution in [0.4, 0.5) is 10.1 Å². The second-order valence-electron chi connectivity index (χ2n) is 5.27. The molecule has 2 aromatic rings. The lowest BCUT2D eigenvalue weighted by molar-refractivity contribution is -0.116. The summed E-state index contributed by atoms with van der Waals surface area (Å²) in [7, 11) is 0. The zero-order chi connectivity index (χ0) is 15.5. The smallest absolute Gasteiger partial charge is 0.224 e. The number of hydrogen-bond acceptors (Lipinski definition) is 3. The lowest BCUT2D eigenvalue weighted by Crippen LogP contribution is -2.25. The molecule has 3 rings (SSSR count). The van der Waals surface area contributed by atoms with Crippen molar-refractivity contribution in [2.75, 3.05) is 11.9 Å². The van der Waals surface area contributed by atoms with Gasteiger partial charge in [-0.15, -0.1) is 23.7 Å². The van der Waals surface area contributed by atoms with Crippen molar-refractivity contribution in [2.24, 2.45) is 0 Å². The topological polar surface area (TPSA) is 41.1 Å². The first-order valence-electron chi connectivity index (χ1n) is 7.17. The molecule has 0 unspecified atom stereocenters. The van der Waals surface area contributed by atoms with E-state index in [1.54, 1.807) is 6.07 Å². The van der Waals surface area contributed by atoms with E-state index in [1.165, 1.54) is 11.3 Å². The molecule has 23 heavy (non-hydrogen) atoms. The molecule has 124 valence electrons. The van der Waals surface area contributed by atoms with E-state index >= 15 is 0 Å². The van der Waals surface area contributed by atoms with Crippen molar-refractivity contribution in [2.45, 2.75) is 25.8 Å². The van der Waals surface area contributed by atoms with Crippen molar-refractivity contribution in [3.8, 4) is 0 Å². The van der Waals surface area contributed by atoms with Crippen molar-refractivity contribution in [1.82, 2.24) is 5.32 Å². The number of rotatable bonds is 4. The van der Waals surface area contributed by atoms with Crippen LogP contribution in [0.25, 0.3) is 0 Å². The molecule has 0 spiro atoms. The zero-order valence-electron chi connectivity index (χ0n) is 12.3. The van der Waals surface area contributed by atoms with Crippen LogP contribution >= 0.6 is 35.3 Å². The van der Waals surface area contributed by atoms with Crippen LogP contribution in [0.5, 0.6) is 0 Å². The van der Waals surface area contributed by atoms with Crippen LogP contribution in [0, 0.1) is 5.82 Å². The highest BCUT2D eigenvalue weighted by Gasteiger charge is 2.17. The number of halogens is 3. The van der Waals surface area contributed by atoms with E-state index in [9.17, 15) is 9.18 Å². The molecule has 0 aliphatic carbocycles. The van der Waals surface area contributed by atoms with Crippen LogP contribution in [0.1, 0.15) is 22.4 Å². The maximum absolute atomic E-state index is 14.4. The van der Waals surface area contributed by atoms with Gasteiger partial charge in [-0.2, -0.15) is 0 Å². The number of anilines is 1. The molecule has 2 heterocycles. The van der Waals surface area contributed by atoms with Gasteiger partial charge in [-0.05, 0) is 42.6 Å². The number of nitrogens with one attached hydrogen (secondary N) is 2. The van der Waals surface area contributed by atoms with Gasteiger partial charge < -0.3 is 10.6 Å². The molecule has 0 radical (unpaired) electrons. The van der Waals surface area contributed by atoms with Gasteiger partial charge in [0.15, 0.2) is 0 Å². The van der Waals surface area contributed by atoms with Gasteiger partial charge in [0.2, 0.25) is 5.91 Å². The molecule has 1 aromatic carbocycles. The van der Waals surface area contributed by atoms with Crippen molar-refractivity contribution in [3.05, 3.63) is 50.4 Å². The van der Waals surface area contributed by atoms with Gasteiger partial charge in [-0.25, -0.2) is 4.39 Å². The molecule has 1 aliphatic heterocycles. The van der Waals surface area contributed by atoms with Crippen molar-refractivity contribution in [1.29, 1.82) is 0 Å². The largest absolute Gasteiger partial charge is 0.324 e. The maximum Gasteiger partial charge on any atom is 0.224 e. The third-order valence-corrected chi connectivity index (χ3v) is 5.05. The van der Waals surface area contributed by atoms with Crippen LogP contribution < -0.4 is 10.6 Å². The predicted molar refractivity (Wildman–Crippen MR) is 95.3 cm³/mol. The summed E-state index contributed by atoms with van der Waals surface area (Å²) in [6.45, 7) is 1.44. The summed E-state index contributed by atoms with van der Waals surface area (Å²) in [5.41, 5.74) is 1.95. The summed E-state index contributed by atoms with van der Waals surface area (Å²) in [5, 5.41) is 8.41. The molecule has 0 saturated carbocycles. The molecule has 0 bridgehead atoms. The lowest BCUT2D eigenvalue weighted by Gasteiger charge is -2.19. The standard InChI is InChI=1S/C16H16ClFN2OS.ClH/c17-11-7-12(22-9-11)2-4-15(21)20-14-3-1-10-8-19-6-5-13(10)16(14)18;/h1,3,7,9,19H,2,4-6,8H2,(H,20,21);1H. The van der Waals surface area contributed by atoms with Gasteiger partial charge in [-0.3, -0.25) is 4.79 Å². The Labute approximate surface area is 149 Å². The Morgan fingerprint density at radius 1 is 1.43 bits per heavy atom. The number of thiophene rings is 1. The minimum absolute atomic E-state index is 0. The summed E-state index contributed by atoms with van der Waals surface area (Å²) in [4.78, 5) is 13.0. The molecule has 7 heteroatoms. The van der Waals surface area contributed by atoms with E-state index in [1.807, 2.05) is 17.5 Å². The summed E-state index contributed by atoms with van der Waals surface area (Å²) in [5.74, 6) is -0.483. The Bertz CT molecular complexity index is 705. The Morgan fingerprint density at radius 3 is 3.00 bits per heavy atom. The third-order valence-electron chi connectivity index (χ3n) is 3.70. The Kier molecular flexibility index (Phi) is 6.41. The summed E-state index contributed by atoms with van der Waals surface area (Å²) in [6, 6.07) is 5.37.